The molecule has 19 heavy (non-hydrogen) atoms. The van der Waals surface area contributed by atoms with Crippen LogP contribution in [0.2, 0.25) is 5.15 Å². The van der Waals surface area contributed by atoms with Crippen molar-refractivity contribution in [1.82, 2.24) is 15.3 Å². The predicted octanol–water partition coefficient (Wildman–Crippen LogP) is 4.32. The molecule has 0 saturated carbocycles. The van der Waals surface area contributed by atoms with Crippen LogP contribution in [0, 0.1) is 0 Å². The predicted molar refractivity (Wildman–Crippen MR) is 81.8 cm³/mol. The summed E-state index contributed by atoms with van der Waals surface area (Å²) in [5, 5.41) is 6.16. The Hall–Kier alpha value is -0.840. The standard InChI is InChI=1S/C14H20ClN3S/c1-3-4-7-13-17-11(14(15)18-13)9-16-10(2)12-6-5-8-19-12/h5-6,8,10,16H,3-4,7,9H2,1-2H3,(H,17,18)/t10-/m1/s1. The summed E-state index contributed by atoms with van der Waals surface area (Å²) in [7, 11) is 0. The third kappa shape index (κ3) is 4.06. The SMILES string of the molecule is CCCCc1nc(Cl)c(CN[C@H](C)c2cccs2)[nH]1. The lowest BCUT2D eigenvalue weighted by atomic mass is 10.2. The van der Waals surface area contributed by atoms with E-state index < -0.39 is 0 Å². The van der Waals surface area contributed by atoms with Crippen molar-refractivity contribution in [2.24, 2.45) is 0 Å². The van der Waals surface area contributed by atoms with Crippen LogP contribution >= 0.6 is 22.9 Å². The lowest BCUT2D eigenvalue weighted by molar-refractivity contribution is 0.576. The van der Waals surface area contributed by atoms with Crippen molar-refractivity contribution in [1.29, 1.82) is 0 Å². The lowest BCUT2D eigenvalue weighted by Gasteiger charge is -2.11. The van der Waals surface area contributed by atoms with Crippen molar-refractivity contribution in [2.45, 2.75) is 45.7 Å². The van der Waals surface area contributed by atoms with Gasteiger partial charge in [-0.25, -0.2) is 4.98 Å². The third-order valence-corrected chi connectivity index (χ3v) is 4.47. The van der Waals surface area contributed by atoms with Crippen molar-refractivity contribution < 1.29 is 0 Å². The van der Waals surface area contributed by atoms with Gasteiger partial charge in [0.15, 0.2) is 5.15 Å². The lowest BCUT2D eigenvalue weighted by Crippen LogP contribution is -2.17. The number of H-pyrrole nitrogens is 1. The number of thiophene rings is 1. The van der Waals surface area contributed by atoms with E-state index in [2.05, 4.69) is 46.6 Å². The number of nitrogens with one attached hydrogen (secondary N) is 2. The third-order valence-electron chi connectivity index (χ3n) is 3.10. The number of aryl methyl sites for hydroxylation is 1. The molecule has 0 fully saturated rings. The van der Waals surface area contributed by atoms with Crippen molar-refractivity contribution in [3.05, 3.63) is 39.1 Å². The van der Waals surface area contributed by atoms with E-state index in [4.69, 9.17) is 11.6 Å². The molecule has 0 saturated heterocycles. The molecule has 1 atom stereocenters. The van der Waals surface area contributed by atoms with Crippen molar-refractivity contribution in [3.63, 3.8) is 0 Å². The van der Waals surface area contributed by atoms with Crippen LogP contribution in [0.15, 0.2) is 17.5 Å². The van der Waals surface area contributed by atoms with Gasteiger partial charge in [0.2, 0.25) is 0 Å². The first-order valence-corrected chi connectivity index (χ1v) is 7.96. The molecular weight excluding hydrogens is 278 g/mol. The minimum Gasteiger partial charge on any atom is -0.344 e. The fraction of sp³-hybridized carbons (Fsp3) is 0.500. The molecule has 3 nitrogen and oxygen atoms in total. The van der Waals surface area contributed by atoms with E-state index in [1.807, 2.05) is 0 Å². The van der Waals surface area contributed by atoms with E-state index in [0.717, 1.165) is 30.9 Å². The summed E-state index contributed by atoms with van der Waals surface area (Å²) in [4.78, 5) is 9.01. The Morgan fingerprint density at radius 3 is 3.05 bits per heavy atom. The second-order valence-corrected chi connectivity index (χ2v) is 6.01. The molecule has 2 heterocycles. The van der Waals surface area contributed by atoms with Gasteiger partial charge in [-0.15, -0.1) is 11.3 Å². The molecule has 0 aliphatic carbocycles. The molecule has 0 radical (unpaired) electrons. The molecule has 2 rings (SSSR count). The molecule has 2 aromatic heterocycles. The second-order valence-electron chi connectivity index (χ2n) is 4.67. The first-order chi connectivity index (χ1) is 9.20. The number of hydrogen-bond acceptors (Lipinski definition) is 3. The van der Waals surface area contributed by atoms with Crippen LogP contribution in [0.5, 0.6) is 0 Å². The molecule has 0 unspecified atom stereocenters. The Kier molecular flexibility index (Phi) is 5.43. The van der Waals surface area contributed by atoms with Crippen molar-refractivity contribution >= 4 is 22.9 Å². The zero-order valence-electron chi connectivity index (χ0n) is 11.4. The maximum atomic E-state index is 6.15. The van der Waals surface area contributed by atoms with Gasteiger partial charge in [-0.05, 0) is 24.8 Å². The first kappa shape index (κ1) is 14.6. The van der Waals surface area contributed by atoms with E-state index in [9.17, 15) is 0 Å². The Morgan fingerprint density at radius 2 is 2.37 bits per heavy atom. The van der Waals surface area contributed by atoms with Crippen LogP contribution < -0.4 is 5.32 Å². The Bertz CT molecular complexity index is 493. The summed E-state index contributed by atoms with van der Waals surface area (Å²) in [6, 6.07) is 4.55. The Morgan fingerprint density at radius 1 is 1.53 bits per heavy atom. The molecule has 5 heteroatoms. The van der Waals surface area contributed by atoms with Crippen LogP contribution in [0.3, 0.4) is 0 Å². The highest BCUT2D eigenvalue weighted by atomic mass is 35.5. The highest BCUT2D eigenvalue weighted by molar-refractivity contribution is 7.10. The van der Waals surface area contributed by atoms with Gasteiger partial charge in [0, 0.05) is 23.9 Å². The van der Waals surface area contributed by atoms with Gasteiger partial charge >= 0.3 is 0 Å². The molecular formula is C14H20ClN3S. The number of imidazole rings is 1. The van der Waals surface area contributed by atoms with Crippen molar-refractivity contribution in [2.75, 3.05) is 0 Å². The van der Waals surface area contributed by atoms with Gasteiger partial charge in [0.05, 0.1) is 5.69 Å². The van der Waals surface area contributed by atoms with Crippen LogP contribution in [0.1, 0.15) is 49.1 Å². The highest BCUT2D eigenvalue weighted by Crippen LogP contribution is 2.20. The van der Waals surface area contributed by atoms with E-state index >= 15 is 0 Å². The molecule has 0 aromatic carbocycles. The van der Waals surface area contributed by atoms with Gasteiger partial charge < -0.3 is 10.3 Å². The van der Waals surface area contributed by atoms with Crippen LogP contribution in [0.25, 0.3) is 0 Å². The summed E-state index contributed by atoms with van der Waals surface area (Å²) >= 11 is 7.92. The van der Waals surface area contributed by atoms with E-state index in [-0.39, 0.29) is 0 Å². The van der Waals surface area contributed by atoms with Crippen LogP contribution in [-0.2, 0) is 13.0 Å². The van der Waals surface area contributed by atoms with E-state index in [1.165, 1.54) is 11.3 Å². The van der Waals surface area contributed by atoms with Gasteiger partial charge in [-0.1, -0.05) is 31.0 Å². The molecule has 0 aliphatic heterocycles. The number of halogens is 1. The maximum absolute atomic E-state index is 6.15. The monoisotopic (exact) mass is 297 g/mol. The molecule has 0 bridgehead atoms. The average molecular weight is 298 g/mol. The summed E-state index contributed by atoms with van der Waals surface area (Å²) in [6.45, 7) is 5.06. The topological polar surface area (TPSA) is 40.7 Å². The summed E-state index contributed by atoms with van der Waals surface area (Å²) in [5.41, 5.74) is 0.983. The number of nitrogens with zero attached hydrogens (tertiary/aromatic N) is 1. The number of unbranched alkanes of at least 4 members (excludes halogenated alkanes) is 1. The first-order valence-electron chi connectivity index (χ1n) is 6.70. The van der Waals surface area contributed by atoms with Crippen molar-refractivity contribution in [3.8, 4) is 0 Å². The summed E-state index contributed by atoms with van der Waals surface area (Å²) < 4.78 is 0. The zero-order valence-corrected chi connectivity index (χ0v) is 12.9. The largest absolute Gasteiger partial charge is 0.344 e. The minimum absolute atomic E-state index is 0.332. The van der Waals surface area contributed by atoms with Gasteiger partial charge in [-0.2, -0.15) is 0 Å². The fourth-order valence-electron chi connectivity index (χ4n) is 1.91. The fourth-order valence-corrected chi connectivity index (χ4v) is 2.89. The smallest absolute Gasteiger partial charge is 0.151 e. The highest BCUT2D eigenvalue weighted by Gasteiger charge is 2.10. The molecule has 0 spiro atoms. The Balaban J connectivity index is 1.90. The number of hydrogen-bond donors (Lipinski definition) is 2. The quantitative estimate of drug-likeness (QED) is 0.799. The molecule has 104 valence electrons. The molecule has 0 amide bonds. The molecule has 2 N–H and O–H groups in total. The molecule has 0 aliphatic rings. The minimum atomic E-state index is 0.332. The normalized spacial score (nSPS) is 12.8. The van der Waals surface area contributed by atoms with E-state index in [1.54, 1.807) is 11.3 Å². The van der Waals surface area contributed by atoms with Crippen LogP contribution in [0.4, 0.5) is 0 Å². The van der Waals surface area contributed by atoms with Crippen LogP contribution in [-0.4, -0.2) is 9.97 Å². The number of aromatic amines is 1. The van der Waals surface area contributed by atoms with Gasteiger partial charge in [-0.3, -0.25) is 0 Å². The zero-order chi connectivity index (χ0) is 13.7. The Labute approximate surface area is 123 Å². The van der Waals surface area contributed by atoms with Gasteiger partial charge in [0.25, 0.3) is 0 Å². The summed E-state index contributed by atoms with van der Waals surface area (Å²) in [5.74, 6) is 0.993. The number of rotatable bonds is 7. The molecule has 2 aromatic rings. The second kappa shape index (κ2) is 7.08. The average Bonchev–Trinajstić information content (AvgIpc) is 3.03. The van der Waals surface area contributed by atoms with Gasteiger partial charge in [0.1, 0.15) is 5.82 Å². The maximum Gasteiger partial charge on any atom is 0.151 e. The van der Waals surface area contributed by atoms with E-state index in [0.29, 0.717) is 11.2 Å². The number of aromatic nitrogens is 2. The summed E-state index contributed by atoms with van der Waals surface area (Å²) in [6.07, 6.45) is 3.28.